The van der Waals surface area contributed by atoms with Crippen LogP contribution in [0.15, 0.2) is 78.9 Å². The van der Waals surface area contributed by atoms with Crippen molar-refractivity contribution in [2.75, 3.05) is 0 Å². The molecule has 1 aliphatic rings. The highest BCUT2D eigenvalue weighted by molar-refractivity contribution is 6.26. The van der Waals surface area contributed by atoms with Crippen molar-refractivity contribution in [3.63, 3.8) is 0 Å². The van der Waals surface area contributed by atoms with Gasteiger partial charge in [-0.05, 0) is 50.0 Å². The number of rotatable bonds is 1. The third kappa shape index (κ3) is 2.36. The van der Waals surface area contributed by atoms with Crippen LogP contribution in [-0.4, -0.2) is 11.9 Å². The van der Waals surface area contributed by atoms with E-state index in [4.69, 9.17) is 11.2 Å². The molecule has 0 aliphatic carbocycles. The third-order valence-electron chi connectivity index (χ3n) is 5.97. The molecule has 5 aromatic rings. The van der Waals surface area contributed by atoms with E-state index >= 15 is 0 Å². The second kappa shape index (κ2) is 6.29. The van der Waals surface area contributed by atoms with Gasteiger partial charge in [0.05, 0.1) is 11.1 Å². The van der Waals surface area contributed by atoms with Crippen LogP contribution < -0.4 is 0 Å². The Morgan fingerprint density at radius 1 is 0.613 bits per heavy atom. The van der Waals surface area contributed by atoms with Crippen LogP contribution in [0.2, 0.25) is 0 Å². The summed E-state index contributed by atoms with van der Waals surface area (Å²) in [5.74, 6) is 1.35. The maximum absolute atomic E-state index is 12.6. The molecule has 1 heterocycles. The largest absolute Gasteiger partial charge is 0.386 e. The van der Waals surface area contributed by atoms with Crippen molar-refractivity contribution in [2.45, 2.75) is 0 Å². The van der Waals surface area contributed by atoms with Gasteiger partial charge in [-0.3, -0.25) is 0 Å². The van der Waals surface area contributed by atoms with Crippen molar-refractivity contribution in [2.24, 2.45) is 0 Å². The fourth-order valence-electron chi connectivity index (χ4n) is 4.65. The zero-order valence-electron chi connectivity index (χ0n) is 16.3. The topological polar surface area (TPSA) is 43.4 Å². The van der Waals surface area contributed by atoms with Crippen LogP contribution in [0.3, 0.4) is 0 Å². The quantitative estimate of drug-likeness (QED) is 0.148. The summed E-state index contributed by atoms with van der Waals surface area (Å²) >= 11 is 0. The van der Waals surface area contributed by atoms with Crippen LogP contribution in [0, 0.1) is 12.3 Å². The number of benzene rings is 5. The van der Waals surface area contributed by atoms with Crippen molar-refractivity contribution in [3.8, 4) is 23.5 Å². The lowest BCUT2D eigenvalue weighted by molar-refractivity contribution is 0.0444. The number of carbonyl (C=O) groups excluding carboxylic acids is 2. The van der Waals surface area contributed by atoms with Crippen molar-refractivity contribution in [1.82, 2.24) is 0 Å². The van der Waals surface area contributed by atoms with E-state index in [9.17, 15) is 9.59 Å². The molecule has 0 radical (unpaired) electrons. The predicted molar refractivity (Wildman–Crippen MR) is 122 cm³/mol. The molecule has 0 atom stereocenters. The van der Waals surface area contributed by atoms with Gasteiger partial charge in [-0.1, -0.05) is 72.7 Å². The molecule has 0 N–H and O–H groups in total. The Morgan fingerprint density at radius 3 is 1.97 bits per heavy atom. The average molecular weight is 398 g/mol. The Balaban J connectivity index is 1.83. The van der Waals surface area contributed by atoms with Gasteiger partial charge in [-0.25, -0.2) is 9.59 Å². The van der Waals surface area contributed by atoms with Gasteiger partial charge in [0.2, 0.25) is 0 Å². The lowest BCUT2D eigenvalue weighted by Crippen LogP contribution is -2.02. The SMILES string of the molecule is C#Cc1c2c(c3ccccc3c1-c1cccc3cc4ccccc4cc13)C(=O)OC2=O. The summed E-state index contributed by atoms with van der Waals surface area (Å²) in [6.45, 7) is 0. The van der Waals surface area contributed by atoms with E-state index in [2.05, 4.69) is 36.3 Å². The van der Waals surface area contributed by atoms with Crippen molar-refractivity contribution >= 4 is 44.3 Å². The number of esters is 2. The van der Waals surface area contributed by atoms with Crippen molar-refractivity contribution in [3.05, 3.63) is 95.6 Å². The van der Waals surface area contributed by atoms with Crippen LogP contribution in [0.1, 0.15) is 26.3 Å². The van der Waals surface area contributed by atoms with Gasteiger partial charge >= 0.3 is 11.9 Å². The first kappa shape index (κ1) is 17.4. The molecule has 0 unspecified atom stereocenters. The minimum atomic E-state index is -0.689. The van der Waals surface area contributed by atoms with E-state index in [1.165, 1.54) is 0 Å². The number of fused-ring (bicyclic) bond motifs is 5. The van der Waals surface area contributed by atoms with Crippen LogP contribution in [0.4, 0.5) is 0 Å². The Morgan fingerprint density at radius 2 is 1.23 bits per heavy atom. The predicted octanol–water partition coefficient (Wildman–Crippen LogP) is 6.11. The summed E-state index contributed by atoms with van der Waals surface area (Å²) in [7, 11) is 0. The van der Waals surface area contributed by atoms with Crippen molar-refractivity contribution < 1.29 is 14.3 Å². The maximum atomic E-state index is 12.6. The highest BCUT2D eigenvalue weighted by atomic mass is 16.6. The lowest BCUT2D eigenvalue weighted by atomic mass is 9.85. The number of carbonyl (C=O) groups is 2. The van der Waals surface area contributed by atoms with Crippen LogP contribution in [-0.2, 0) is 4.74 Å². The molecule has 144 valence electrons. The fraction of sp³-hybridized carbons (Fsp3) is 0. The molecule has 5 aromatic carbocycles. The summed E-state index contributed by atoms with van der Waals surface area (Å²) in [5, 5.41) is 5.85. The second-order valence-electron chi connectivity index (χ2n) is 7.59. The van der Waals surface area contributed by atoms with Crippen LogP contribution in [0.5, 0.6) is 0 Å². The van der Waals surface area contributed by atoms with E-state index in [-0.39, 0.29) is 11.1 Å². The number of ether oxygens (including phenoxy) is 1. The standard InChI is InChI=1S/C28H14O3/c1-2-19-24(20-11-5-6-12-21(20)26-25(19)27(29)31-28(26)30)22-13-7-10-18-14-16-8-3-4-9-17(16)15-23(18)22/h1,3-15H. The molecule has 0 saturated carbocycles. The molecule has 0 saturated heterocycles. The third-order valence-corrected chi connectivity index (χ3v) is 5.97. The highest BCUT2D eigenvalue weighted by Crippen LogP contribution is 2.42. The number of hydrogen-bond acceptors (Lipinski definition) is 3. The van der Waals surface area contributed by atoms with Gasteiger partial charge < -0.3 is 4.74 Å². The number of hydrogen-bond donors (Lipinski definition) is 0. The molecule has 0 bridgehead atoms. The number of terminal acetylenes is 1. The average Bonchev–Trinajstić information content (AvgIpc) is 3.10. The van der Waals surface area contributed by atoms with Crippen molar-refractivity contribution in [1.29, 1.82) is 0 Å². The Bertz CT molecular complexity index is 1650. The van der Waals surface area contributed by atoms with Crippen LogP contribution in [0.25, 0.3) is 43.4 Å². The first-order valence-corrected chi connectivity index (χ1v) is 9.91. The highest BCUT2D eigenvalue weighted by Gasteiger charge is 2.36. The fourth-order valence-corrected chi connectivity index (χ4v) is 4.65. The molecule has 31 heavy (non-hydrogen) atoms. The molecule has 6 rings (SSSR count). The molecule has 1 aliphatic heterocycles. The molecule has 0 amide bonds. The summed E-state index contributed by atoms with van der Waals surface area (Å²) in [4.78, 5) is 25.0. The maximum Gasteiger partial charge on any atom is 0.348 e. The Labute approximate surface area is 177 Å². The molecule has 3 nitrogen and oxygen atoms in total. The van der Waals surface area contributed by atoms with Gasteiger partial charge in [0.1, 0.15) is 0 Å². The Kier molecular flexibility index (Phi) is 3.54. The zero-order valence-corrected chi connectivity index (χ0v) is 16.3. The summed E-state index contributed by atoms with van der Waals surface area (Å²) in [5.41, 5.74) is 2.51. The normalized spacial score (nSPS) is 12.9. The van der Waals surface area contributed by atoms with E-state index in [0.717, 1.165) is 38.1 Å². The van der Waals surface area contributed by atoms with Gasteiger partial charge in [0, 0.05) is 11.1 Å². The first-order chi connectivity index (χ1) is 15.2. The monoisotopic (exact) mass is 398 g/mol. The van der Waals surface area contributed by atoms with E-state index in [1.807, 2.05) is 48.5 Å². The molecule has 3 heteroatoms. The Hall–Kier alpha value is -4.42. The smallest absolute Gasteiger partial charge is 0.348 e. The van der Waals surface area contributed by atoms with Crippen LogP contribution >= 0.6 is 0 Å². The lowest BCUT2D eigenvalue weighted by Gasteiger charge is -2.16. The molecule has 0 fully saturated rings. The zero-order chi connectivity index (χ0) is 21.1. The van der Waals surface area contributed by atoms with E-state index in [1.54, 1.807) is 0 Å². The first-order valence-electron chi connectivity index (χ1n) is 9.91. The number of cyclic esters (lactones) is 2. The summed E-state index contributed by atoms with van der Waals surface area (Å²) in [6.07, 6.45) is 5.93. The van der Waals surface area contributed by atoms with Gasteiger partial charge in [-0.2, -0.15) is 0 Å². The van der Waals surface area contributed by atoms with Gasteiger partial charge in [0.25, 0.3) is 0 Å². The minimum Gasteiger partial charge on any atom is -0.386 e. The molecule has 0 spiro atoms. The van der Waals surface area contributed by atoms with E-state index < -0.39 is 11.9 Å². The van der Waals surface area contributed by atoms with E-state index in [0.29, 0.717) is 10.9 Å². The molecular formula is C28H14O3. The van der Waals surface area contributed by atoms with Gasteiger partial charge in [-0.15, -0.1) is 6.42 Å². The summed E-state index contributed by atoms with van der Waals surface area (Å²) in [6, 6.07) is 26.0. The molecular weight excluding hydrogens is 384 g/mol. The second-order valence-corrected chi connectivity index (χ2v) is 7.59. The molecule has 0 aromatic heterocycles. The summed E-state index contributed by atoms with van der Waals surface area (Å²) < 4.78 is 4.94. The van der Waals surface area contributed by atoms with Gasteiger partial charge in [0.15, 0.2) is 0 Å². The minimum absolute atomic E-state index is 0.180.